The van der Waals surface area contributed by atoms with E-state index in [0.29, 0.717) is 19.0 Å². The van der Waals surface area contributed by atoms with Crippen LogP contribution in [-0.2, 0) is 11.7 Å². The molecule has 1 aliphatic rings. The first-order valence-corrected chi connectivity index (χ1v) is 5.45. The van der Waals surface area contributed by atoms with Gasteiger partial charge in [-0.3, -0.25) is 0 Å². The molecule has 1 heterocycles. The third-order valence-corrected chi connectivity index (χ3v) is 3.25. The molecule has 5 heteroatoms. The molecule has 0 amide bonds. The van der Waals surface area contributed by atoms with E-state index in [-0.39, 0.29) is 5.56 Å². The quantitative estimate of drug-likeness (QED) is 0.749. The number of halogens is 4. The number of hydrogen-bond acceptors (Lipinski definition) is 1. The molecule has 2 rings (SSSR count). The summed E-state index contributed by atoms with van der Waals surface area (Å²) in [5.41, 5.74) is -1.46. The molecule has 94 valence electrons. The molecule has 0 saturated carbocycles. The molecular weight excluding hydrogens is 234 g/mol. The molecule has 1 saturated heterocycles. The lowest BCUT2D eigenvalue weighted by Gasteiger charge is -2.28. The van der Waals surface area contributed by atoms with E-state index in [2.05, 4.69) is 5.32 Å². The van der Waals surface area contributed by atoms with Crippen LogP contribution in [0.15, 0.2) is 18.2 Å². The summed E-state index contributed by atoms with van der Waals surface area (Å²) in [6.45, 7) is 2.41. The molecule has 0 bridgehead atoms. The summed E-state index contributed by atoms with van der Waals surface area (Å²) in [5, 5.41) is 3.06. The average Bonchev–Trinajstić information content (AvgIpc) is 2.64. The Morgan fingerprint density at radius 1 is 1.29 bits per heavy atom. The topological polar surface area (TPSA) is 12.0 Å². The van der Waals surface area contributed by atoms with Gasteiger partial charge in [0, 0.05) is 5.54 Å². The zero-order valence-electron chi connectivity index (χ0n) is 9.37. The fourth-order valence-electron chi connectivity index (χ4n) is 2.36. The first-order chi connectivity index (χ1) is 7.83. The van der Waals surface area contributed by atoms with Crippen LogP contribution in [0.5, 0.6) is 0 Å². The molecule has 1 N–H and O–H groups in total. The molecule has 17 heavy (non-hydrogen) atoms. The molecule has 1 aromatic rings. The van der Waals surface area contributed by atoms with Crippen LogP contribution in [0.1, 0.15) is 30.9 Å². The summed E-state index contributed by atoms with van der Waals surface area (Å²) in [5.74, 6) is -0.859. The Labute approximate surface area is 96.8 Å². The van der Waals surface area contributed by atoms with Gasteiger partial charge in [0.25, 0.3) is 0 Å². The summed E-state index contributed by atoms with van der Waals surface area (Å²) >= 11 is 0. The van der Waals surface area contributed by atoms with Crippen LogP contribution < -0.4 is 5.32 Å². The number of rotatable bonds is 1. The van der Waals surface area contributed by atoms with Crippen molar-refractivity contribution in [3.8, 4) is 0 Å². The molecular formula is C12H13F4N. The van der Waals surface area contributed by atoms with Gasteiger partial charge >= 0.3 is 6.18 Å². The van der Waals surface area contributed by atoms with E-state index < -0.39 is 23.1 Å². The molecule has 1 fully saturated rings. The first kappa shape index (κ1) is 12.4. The lowest BCUT2D eigenvalue weighted by atomic mass is 9.86. The highest BCUT2D eigenvalue weighted by Crippen LogP contribution is 2.40. The van der Waals surface area contributed by atoms with Crippen LogP contribution in [-0.4, -0.2) is 6.54 Å². The number of alkyl halides is 3. The molecule has 0 spiro atoms. The van der Waals surface area contributed by atoms with Crippen molar-refractivity contribution in [3.63, 3.8) is 0 Å². The minimum atomic E-state index is -4.52. The fourth-order valence-corrected chi connectivity index (χ4v) is 2.36. The summed E-state index contributed by atoms with van der Waals surface area (Å²) in [4.78, 5) is 0. The fraction of sp³-hybridized carbons (Fsp3) is 0.500. The van der Waals surface area contributed by atoms with Crippen molar-refractivity contribution in [2.75, 3.05) is 6.54 Å². The van der Waals surface area contributed by atoms with Crippen LogP contribution in [0.3, 0.4) is 0 Å². The van der Waals surface area contributed by atoms with Gasteiger partial charge in [0.2, 0.25) is 0 Å². The first-order valence-electron chi connectivity index (χ1n) is 5.45. The van der Waals surface area contributed by atoms with Gasteiger partial charge in [-0.25, -0.2) is 4.39 Å². The maximum absolute atomic E-state index is 13.0. The van der Waals surface area contributed by atoms with Crippen LogP contribution in [0.2, 0.25) is 0 Å². The van der Waals surface area contributed by atoms with Gasteiger partial charge in [0.1, 0.15) is 5.82 Å². The highest BCUT2D eigenvalue weighted by molar-refractivity contribution is 5.36. The Hall–Kier alpha value is -1.10. The Bertz CT molecular complexity index is 419. The van der Waals surface area contributed by atoms with E-state index in [4.69, 9.17) is 0 Å². The molecule has 1 atom stereocenters. The summed E-state index contributed by atoms with van der Waals surface area (Å²) in [6, 6.07) is 2.88. The Kier molecular flexibility index (Phi) is 2.89. The molecule has 1 aliphatic heterocycles. The molecule has 1 unspecified atom stereocenters. The Morgan fingerprint density at radius 2 is 2.00 bits per heavy atom. The number of nitrogens with one attached hydrogen (secondary N) is 1. The predicted molar refractivity (Wildman–Crippen MR) is 56.0 cm³/mol. The zero-order chi connectivity index (χ0) is 12.7. The minimum absolute atomic E-state index is 0.129. The maximum atomic E-state index is 13.0. The van der Waals surface area contributed by atoms with Crippen molar-refractivity contribution >= 4 is 0 Å². The highest BCUT2D eigenvalue weighted by Gasteiger charge is 2.40. The highest BCUT2D eigenvalue weighted by atomic mass is 19.4. The van der Waals surface area contributed by atoms with E-state index in [9.17, 15) is 17.6 Å². The smallest absolute Gasteiger partial charge is 0.308 e. The monoisotopic (exact) mass is 247 g/mol. The molecule has 0 radical (unpaired) electrons. The van der Waals surface area contributed by atoms with Gasteiger partial charge in [-0.1, -0.05) is 6.07 Å². The van der Waals surface area contributed by atoms with E-state index in [1.165, 1.54) is 6.07 Å². The van der Waals surface area contributed by atoms with E-state index in [1.54, 1.807) is 6.92 Å². The van der Waals surface area contributed by atoms with Crippen molar-refractivity contribution in [1.29, 1.82) is 0 Å². The molecule has 0 aromatic heterocycles. The predicted octanol–water partition coefficient (Wildman–Crippen LogP) is 3.44. The maximum Gasteiger partial charge on any atom is 0.416 e. The molecule has 1 aromatic carbocycles. The van der Waals surface area contributed by atoms with Gasteiger partial charge in [0.05, 0.1) is 5.56 Å². The second-order valence-electron chi connectivity index (χ2n) is 4.55. The molecule has 0 aliphatic carbocycles. The van der Waals surface area contributed by atoms with Crippen LogP contribution in [0.4, 0.5) is 17.6 Å². The van der Waals surface area contributed by atoms with Crippen LogP contribution in [0.25, 0.3) is 0 Å². The van der Waals surface area contributed by atoms with Crippen molar-refractivity contribution in [2.45, 2.75) is 31.5 Å². The van der Waals surface area contributed by atoms with Crippen molar-refractivity contribution in [3.05, 3.63) is 35.1 Å². The standard InChI is InChI=1S/C12H13F4N/c1-11(5-2-6-17-11)9-4-3-8(13)7-10(9)12(14,15)16/h3-4,7,17H,2,5-6H2,1H3. The van der Waals surface area contributed by atoms with Gasteiger partial charge in [-0.15, -0.1) is 0 Å². The van der Waals surface area contributed by atoms with Gasteiger partial charge < -0.3 is 5.32 Å². The average molecular weight is 247 g/mol. The van der Waals surface area contributed by atoms with Crippen molar-refractivity contribution in [2.24, 2.45) is 0 Å². The second-order valence-corrected chi connectivity index (χ2v) is 4.55. The summed E-state index contributed by atoms with van der Waals surface area (Å²) < 4.78 is 51.5. The van der Waals surface area contributed by atoms with Crippen molar-refractivity contribution < 1.29 is 17.6 Å². The number of hydrogen-bond donors (Lipinski definition) is 1. The van der Waals surface area contributed by atoms with E-state index in [1.807, 2.05) is 0 Å². The summed E-state index contributed by atoms with van der Waals surface area (Å²) in [6.07, 6.45) is -3.07. The van der Waals surface area contributed by atoms with E-state index in [0.717, 1.165) is 12.5 Å². The van der Waals surface area contributed by atoms with E-state index >= 15 is 0 Å². The van der Waals surface area contributed by atoms with Gasteiger partial charge in [-0.2, -0.15) is 13.2 Å². The lowest BCUT2D eigenvalue weighted by molar-refractivity contribution is -0.139. The van der Waals surface area contributed by atoms with Crippen LogP contribution >= 0.6 is 0 Å². The third kappa shape index (κ3) is 2.29. The van der Waals surface area contributed by atoms with Gasteiger partial charge in [0.15, 0.2) is 0 Å². The SMILES string of the molecule is CC1(c2ccc(F)cc2C(F)(F)F)CCCN1. The zero-order valence-corrected chi connectivity index (χ0v) is 9.37. The normalized spacial score (nSPS) is 25.2. The lowest BCUT2D eigenvalue weighted by Crippen LogP contribution is -2.35. The second kappa shape index (κ2) is 3.98. The largest absolute Gasteiger partial charge is 0.416 e. The summed E-state index contributed by atoms with van der Waals surface area (Å²) in [7, 11) is 0. The molecule has 1 nitrogen and oxygen atoms in total. The third-order valence-electron chi connectivity index (χ3n) is 3.25. The minimum Gasteiger partial charge on any atom is -0.308 e. The Balaban J connectivity index is 2.53. The Morgan fingerprint density at radius 3 is 2.53 bits per heavy atom. The van der Waals surface area contributed by atoms with Crippen LogP contribution in [0, 0.1) is 5.82 Å². The van der Waals surface area contributed by atoms with Crippen molar-refractivity contribution in [1.82, 2.24) is 5.32 Å². The number of benzene rings is 1. The van der Waals surface area contributed by atoms with Gasteiger partial charge in [-0.05, 0) is 44.0 Å².